The minimum atomic E-state index is -1.15. The van der Waals surface area contributed by atoms with E-state index in [0.717, 1.165) is 47.2 Å². The van der Waals surface area contributed by atoms with E-state index >= 15 is 0 Å². The summed E-state index contributed by atoms with van der Waals surface area (Å²) < 4.78 is 5.86. The maximum atomic E-state index is 12.6. The van der Waals surface area contributed by atoms with Crippen molar-refractivity contribution >= 4 is 18.1 Å². The molecule has 1 atom stereocenters. The number of unbranched alkanes of at least 4 members (excludes halogenated alkanes) is 4. The standard InChI is InChI=1S/C34H43N5O4/c1-5-6-7-8-9-18-43-29-16-14-25(15-17-29)28-21-36-31(37-22-28)26-12-10-24(11-13-26)19-30(33(41)42)39-32(40)27(20-35)23-38-34(2,3)4/h10-17,20-23,30H,5-9,18-19,35H2,1-4H3,(H,39,40)(H,41,42). The van der Waals surface area contributed by atoms with Gasteiger partial charge in [0.15, 0.2) is 5.82 Å². The van der Waals surface area contributed by atoms with Gasteiger partial charge >= 0.3 is 5.97 Å². The molecule has 1 heterocycles. The second-order valence-electron chi connectivity index (χ2n) is 11.4. The van der Waals surface area contributed by atoms with E-state index in [4.69, 9.17) is 10.5 Å². The van der Waals surface area contributed by atoms with Gasteiger partial charge in [0.25, 0.3) is 5.91 Å². The number of hydrogen-bond acceptors (Lipinski definition) is 7. The van der Waals surface area contributed by atoms with Crippen LogP contribution in [0.5, 0.6) is 5.75 Å². The number of nitrogens with zero attached hydrogens (tertiary/aromatic N) is 3. The predicted molar refractivity (Wildman–Crippen MR) is 171 cm³/mol. The third-order valence-corrected chi connectivity index (χ3v) is 6.64. The summed E-state index contributed by atoms with van der Waals surface area (Å²) in [5, 5.41) is 12.2. The normalized spacial score (nSPS) is 12.7. The molecule has 4 N–H and O–H groups in total. The summed E-state index contributed by atoms with van der Waals surface area (Å²) in [5.74, 6) is -0.347. The van der Waals surface area contributed by atoms with Gasteiger partial charge in [-0.15, -0.1) is 0 Å². The molecule has 1 unspecified atom stereocenters. The third-order valence-electron chi connectivity index (χ3n) is 6.64. The summed E-state index contributed by atoms with van der Waals surface area (Å²) in [7, 11) is 0. The highest BCUT2D eigenvalue weighted by Gasteiger charge is 2.22. The Hall–Kier alpha value is -4.53. The molecule has 0 aliphatic carbocycles. The summed E-state index contributed by atoms with van der Waals surface area (Å²) in [6, 6.07) is 14.1. The van der Waals surface area contributed by atoms with Crippen LogP contribution < -0.4 is 15.8 Å². The fourth-order valence-corrected chi connectivity index (χ4v) is 4.17. The second-order valence-corrected chi connectivity index (χ2v) is 11.4. The van der Waals surface area contributed by atoms with Crippen LogP contribution in [0.15, 0.2) is 77.7 Å². The summed E-state index contributed by atoms with van der Waals surface area (Å²) in [5.41, 5.74) is 8.69. The number of nitrogens with one attached hydrogen (secondary N) is 1. The van der Waals surface area contributed by atoms with Gasteiger partial charge in [-0.2, -0.15) is 0 Å². The van der Waals surface area contributed by atoms with E-state index in [-0.39, 0.29) is 12.0 Å². The predicted octanol–water partition coefficient (Wildman–Crippen LogP) is 5.98. The van der Waals surface area contributed by atoms with Gasteiger partial charge in [-0.25, -0.2) is 14.8 Å². The van der Waals surface area contributed by atoms with Gasteiger partial charge in [-0.1, -0.05) is 69.0 Å². The molecular formula is C34H43N5O4. The number of aliphatic imine (C=N–C) groups is 1. The highest BCUT2D eigenvalue weighted by Crippen LogP contribution is 2.24. The Bertz CT molecular complexity index is 1380. The Morgan fingerprint density at radius 2 is 1.58 bits per heavy atom. The monoisotopic (exact) mass is 585 g/mol. The van der Waals surface area contributed by atoms with Crippen LogP contribution in [0.2, 0.25) is 0 Å². The molecule has 1 amide bonds. The number of hydrogen-bond donors (Lipinski definition) is 3. The number of rotatable bonds is 15. The first kappa shape index (κ1) is 33.0. The Morgan fingerprint density at radius 1 is 0.953 bits per heavy atom. The van der Waals surface area contributed by atoms with Crippen LogP contribution in [0.4, 0.5) is 0 Å². The number of aliphatic carboxylic acids is 1. The molecule has 228 valence electrons. The molecule has 0 bridgehead atoms. The van der Waals surface area contributed by atoms with Crippen molar-refractivity contribution in [3.8, 4) is 28.3 Å². The van der Waals surface area contributed by atoms with Gasteiger partial charge in [0.1, 0.15) is 11.8 Å². The Labute approximate surface area is 254 Å². The smallest absolute Gasteiger partial charge is 0.326 e. The Kier molecular flexibility index (Phi) is 12.4. The minimum Gasteiger partial charge on any atom is -0.494 e. The number of amides is 1. The lowest BCUT2D eigenvalue weighted by Gasteiger charge is -2.16. The lowest BCUT2D eigenvalue weighted by atomic mass is 10.0. The second kappa shape index (κ2) is 16.2. The van der Waals surface area contributed by atoms with E-state index in [2.05, 4.69) is 27.2 Å². The summed E-state index contributed by atoms with van der Waals surface area (Å²) in [6.07, 6.45) is 12.2. The average molecular weight is 586 g/mol. The number of carboxylic acids is 1. The minimum absolute atomic E-state index is 0.0913. The summed E-state index contributed by atoms with van der Waals surface area (Å²) in [6.45, 7) is 8.58. The fraction of sp³-hybridized carbons (Fsp3) is 0.382. The van der Waals surface area contributed by atoms with Gasteiger partial charge in [0.2, 0.25) is 0 Å². The van der Waals surface area contributed by atoms with Crippen LogP contribution in [-0.2, 0) is 16.0 Å². The first-order chi connectivity index (χ1) is 20.6. The van der Waals surface area contributed by atoms with Crippen molar-refractivity contribution in [1.29, 1.82) is 0 Å². The van der Waals surface area contributed by atoms with E-state index in [0.29, 0.717) is 5.82 Å². The van der Waals surface area contributed by atoms with Crippen LogP contribution in [0.25, 0.3) is 22.5 Å². The molecule has 0 aliphatic rings. The van der Waals surface area contributed by atoms with Crippen LogP contribution in [0.1, 0.15) is 65.4 Å². The van der Waals surface area contributed by atoms with Gasteiger partial charge in [0.05, 0.1) is 17.7 Å². The molecule has 1 aromatic heterocycles. The van der Waals surface area contributed by atoms with Crippen molar-refractivity contribution in [2.75, 3.05) is 6.61 Å². The van der Waals surface area contributed by atoms with E-state index in [1.54, 1.807) is 24.5 Å². The van der Waals surface area contributed by atoms with Gasteiger partial charge in [-0.3, -0.25) is 9.79 Å². The number of carbonyl (C=O) groups is 2. The SMILES string of the molecule is CCCCCCCOc1ccc(-c2cnc(-c3ccc(CC(NC(=O)C(C=NC(C)(C)C)=CN)C(=O)O)cc3)nc2)cc1. The Balaban J connectivity index is 1.58. The highest BCUT2D eigenvalue weighted by molar-refractivity contribution is 6.12. The van der Waals surface area contributed by atoms with E-state index in [9.17, 15) is 14.7 Å². The number of ether oxygens (including phenoxy) is 1. The number of nitrogens with two attached hydrogens (primary N) is 1. The topological polar surface area (TPSA) is 140 Å². The zero-order chi connectivity index (χ0) is 31.2. The Morgan fingerprint density at radius 3 is 2.16 bits per heavy atom. The molecule has 9 nitrogen and oxygen atoms in total. The molecule has 0 spiro atoms. The maximum absolute atomic E-state index is 12.6. The van der Waals surface area contributed by atoms with Crippen LogP contribution in [0, 0.1) is 0 Å². The van der Waals surface area contributed by atoms with E-state index in [1.165, 1.54) is 31.9 Å². The van der Waals surface area contributed by atoms with Crippen molar-refractivity contribution in [3.63, 3.8) is 0 Å². The maximum Gasteiger partial charge on any atom is 0.326 e. The first-order valence-electron chi connectivity index (χ1n) is 14.7. The fourth-order valence-electron chi connectivity index (χ4n) is 4.17. The quantitative estimate of drug-likeness (QED) is 0.113. The third kappa shape index (κ3) is 11.0. The van der Waals surface area contributed by atoms with Crippen molar-refractivity contribution < 1.29 is 19.4 Å². The number of benzene rings is 2. The number of carboxylic acid groups (broad SMARTS) is 1. The summed E-state index contributed by atoms with van der Waals surface area (Å²) in [4.78, 5) is 37.8. The van der Waals surface area contributed by atoms with Crippen LogP contribution in [0.3, 0.4) is 0 Å². The number of carbonyl (C=O) groups excluding carboxylic acids is 1. The zero-order valence-corrected chi connectivity index (χ0v) is 25.5. The highest BCUT2D eigenvalue weighted by atomic mass is 16.5. The lowest BCUT2D eigenvalue weighted by molar-refractivity contribution is -0.141. The zero-order valence-electron chi connectivity index (χ0n) is 25.5. The van der Waals surface area contributed by atoms with Crippen molar-refractivity contribution in [3.05, 3.63) is 78.3 Å². The molecule has 3 rings (SSSR count). The largest absolute Gasteiger partial charge is 0.494 e. The number of aromatic nitrogens is 2. The summed E-state index contributed by atoms with van der Waals surface area (Å²) >= 11 is 0. The van der Waals surface area contributed by atoms with Gasteiger partial charge in [-0.05, 0) is 50.5 Å². The van der Waals surface area contributed by atoms with E-state index in [1.807, 2.05) is 57.2 Å². The molecule has 2 aromatic carbocycles. The molecule has 9 heteroatoms. The molecule has 0 radical (unpaired) electrons. The molecule has 0 saturated carbocycles. The van der Waals surface area contributed by atoms with Crippen molar-refractivity contribution in [2.45, 2.75) is 77.8 Å². The van der Waals surface area contributed by atoms with Crippen molar-refractivity contribution in [2.24, 2.45) is 10.7 Å². The molecule has 0 saturated heterocycles. The van der Waals surface area contributed by atoms with Crippen LogP contribution in [-0.4, -0.2) is 51.4 Å². The molecule has 0 fully saturated rings. The first-order valence-corrected chi connectivity index (χ1v) is 14.7. The lowest BCUT2D eigenvalue weighted by Crippen LogP contribution is -2.43. The molecular weight excluding hydrogens is 542 g/mol. The average Bonchev–Trinajstić information content (AvgIpc) is 2.99. The molecule has 43 heavy (non-hydrogen) atoms. The van der Waals surface area contributed by atoms with Gasteiger partial charge in [0, 0.05) is 42.4 Å². The van der Waals surface area contributed by atoms with Gasteiger partial charge < -0.3 is 20.9 Å². The van der Waals surface area contributed by atoms with Crippen molar-refractivity contribution in [1.82, 2.24) is 15.3 Å². The molecule has 3 aromatic rings. The molecule has 0 aliphatic heterocycles. The van der Waals surface area contributed by atoms with Crippen LogP contribution >= 0.6 is 0 Å². The van der Waals surface area contributed by atoms with E-state index < -0.39 is 23.5 Å².